The summed E-state index contributed by atoms with van der Waals surface area (Å²) in [6.07, 6.45) is 4.06. The van der Waals surface area contributed by atoms with Crippen molar-refractivity contribution in [3.8, 4) is 10.8 Å². The predicted octanol–water partition coefficient (Wildman–Crippen LogP) is 3.21. The summed E-state index contributed by atoms with van der Waals surface area (Å²) in [6.45, 7) is 9.64. The Labute approximate surface area is 177 Å². The average Bonchev–Trinajstić information content (AvgIpc) is 3.45. The fourth-order valence-corrected chi connectivity index (χ4v) is 4.49. The van der Waals surface area contributed by atoms with Gasteiger partial charge in [-0.3, -0.25) is 9.89 Å². The van der Waals surface area contributed by atoms with Crippen molar-refractivity contribution in [3.63, 3.8) is 0 Å². The van der Waals surface area contributed by atoms with Crippen LogP contribution in [-0.4, -0.2) is 61.8 Å². The summed E-state index contributed by atoms with van der Waals surface area (Å²) in [7, 11) is 1.80. The second-order valence-corrected chi connectivity index (χ2v) is 8.17. The van der Waals surface area contributed by atoms with E-state index < -0.39 is 0 Å². The van der Waals surface area contributed by atoms with Gasteiger partial charge < -0.3 is 19.8 Å². The van der Waals surface area contributed by atoms with E-state index in [1.807, 2.05) is 17.5 Å². The minimum atomic E-state index is 0.477. The van der Waals surface area contributed by atoms with Crippen LogP contribution in [0.5, 0.6) is 0 Å². The van der Waals surface area contributed by atoms with Crippen LogP contribution in [0.1, 0.15) is 32.4 Å². The van der Waals surface area contributed by atoms with Gasteiger partial charge >= 0.3 is 0 Å². The Hall–Kier alpha value is -1.90. The second kappa shape index (κ2) is 11.3. The van der Waals surface area contributed by atoms with E-state index in [1.54, 1.807) is 24.6 Å². The van der Waals surface area contributed by atoms with Gasteiger partial charge in [0.1, 0.15) is 6.26 Å². The van der Waals surface area contributed by atoms with Crippen LogP contribution in [0.2, 0.25) is 0 Å². The van der Waals surface area contributed by atoms with Crippen LogP contribution in [-0.2, 0) is 11.3 Å². The number of nitrogens with zero attached hydrogens (tertiary/aromatic N) is 3. The molecule has 0 amide bonds. The summed E-state index contributed by atoms with van der Waals surface area (Å²) in [5, 5.41) is 8.90. The molecule has 7 nitrogen and oxygen atoms in total. The molecule has 160 valence electrons. The van der Waals surface area contributed by atoms with Crippen LogP contribution in [0.15, 0.2) is 33.2 Å². The van der Waals surface area contributed by atoms with Crippen molar-refractivity contribution in [2.24, 2.45) is 10.9 Å². The Bertz CT molecular complexity index is 736. The van der Waals surface area contributed by atoms with Gasteiger partial charge in [0.2, 0.25) is 5.89 Å². The highest BCUT2D eigenvalue weighted by molar-refractivity contribution is 7.13. The lowest BCUT2D eigenvalue weighted by Crippen LogP contribution is -2.53. The molecule has 0 aliphatic carbocycles. The molecule has 3 rings (SSSR count). The van der Waals surface area contributed by atoms with Gasteiger partial charge in [-0.25, -0.2) is 4.98 Å². The first-order valence-corrected chi connectivity index (χ1v) is 11.4. The van der Waals surface area contributed by atoms with Crippen molar-refractivity contribution in [1.82, 2.24) is 20.5 Å². The number of oxazole rings is 1. The maximum Gasteiger partial charge on any atom is 0.236 e. The Balaban J connectivity index is 1.54. The number of thiophene rings is 1. The zero-order valence-corrected chi connectivity index (χ0v) is 18.5. The number of aliphatic imine (C=N–C) groups is 1. The summed E-state index contributed by atoms with van der Waals surface area (Å²) in [4.78, 5) is 12.5. The normalized spacial score (nSPS) is 16.9. The SMILES string of the molecule is CCC(CC)C(CNC(=NC)NCc1coc(-c2cccs2)n1)N1CCOCC1. The zero-order valence-electron chi connectivity index (χ0n) is 17.7. The molecular formula is C21H33N5O2S. The van der Waals surface area contributed by atoms with E-state index in [1.165, 1.54) is 12.8 Å². The van der Waals surface area contributed by atoms with Crippen molar-refractivity contribution in [2.75, 3.05) is 39.9 Å². The number of ether oxygens (including phenoxy) is 1. The number of nitrogens with one attached hydrogen (secondary N) is 2. The van der Waals surface area contributed by atoms with Crippen LogP contribution in [0.4, 0.5) is 0 Å². The molecule has 2 aromatic rings. The van der Waals surface area contributed by atoms with Crippen molar-refractivity contribution in [1.29, 1.82) is 0 Å². The molecule has 2 N–H and O–H groups in total. The van der Waals surface area contributed by atoms with Crippen molar-refractivity contribution in [2.45, 2.75) is 39.3 Å². The Morgan fingerprint density at radius 1 is 1.28 bits per heavy atom. The molecule has 29 heavy (non-hydrogen) atoms. The molecule has 0 spiro atoms. The molecule has 8 heteroatoms. The first-order chi connectivity index (χ1) is 14.2. The number of guanidine groups is 1. The van der Waals surface area contributed by atoms with E-state index in [9.17, 15) is 0 Å². The van der Waals surface area contributed by atoms with Crippen LogP contribution in [0.25, 0.3) is 10.8 Å². The smallest absolute Gasteiger partial charge is 0.236 e. The van der Waals surface area contributed by atoms with Gasteiger partial charge in [-0.2, -0.15) is 0 Å². The Morgan fingerprint density at radius 3 is 2.72 bits per heavy atom. The average molecular weight is 420 g/mol. The number of rotatable bonds is 9. The lowest BCUT2D eigenvalue weighted by Gasteiger charge is -2.39. The van der Waals surface area contributed by atoms with Gasteiger partial charge in [0.15, 0.2) is 5.96 Å². The molecule has 1 fully saturated rings. The van der Waals surface area contributed by atoms with Crippen LogP contribution in [0.3, 0.4) is 0 Å². The first-order valence-electron chi connectivity index (χ1n) is 10.5. The standard InChI is InChI=1S/C21H33N5O2S/c1-4-16(5-2)18(26-8-10-27-11-9-26)14-24-21(22-3)23-13-17-15-28-20(25-17)19-7-6-12-29-19/h6-7,12,15-16,18H,4-5,8-11,13-14H2,1-3H3,(H2,22,23,24). The molecule has 0 aromatic carbocycles. The van der Waals surface area contributed by atoms with Crippen LogP contribution >= 0.6 is 11.3 Å². The molecule has 0 radical (unpaired) electrons. The lowest BCUT2D eigenvalue weighted by molar-refractivity contribution is 0.00272. The van der Waals surface area contributed by atoms with Crippen molar-refractivity contribution >= 4 is 17.3 Å². The van der Waals surface area contributed by atoms with Crippen molar-refractivity contribution in [3.05, 3.63) is 29.5 Å². The lowest BCUT2D eigenvalue weighted by atomic mass is 9.92. The molecular weight excluding hydrogens is 386 g/mol. The molecule has 2 aromatic heterocycles. The van der Waals surface area contributed by atoms with E-state index in [0.29, 0.717) is 24.4 Å². The molecule has 1 aliphatic rings. The van der Waals surface area contributed by atoms with Gasteiger partial charge in [0.05, 0.1) is 30.3 Å². The van der Waals surface area contributed by atoms with E-state index >= 15 is 0 Å². The van der Waals surface area contributed by atoms with Crippen LogP contribution < -0.4 is 10.6 Å². The van der Waals surface area contributed by atoms with Gasteiger partial charge in [-0.15, -0.1) is 11.3 Å². The summed E-state index contributed by atoms with van der Waals surface area (Å²) in [5.74, 6) is 2.11. The molecule has 0 bridgehead atoms. The quantitative estimate of drug-likeness (QED) is 0.480. The molecule has 1 unspecified atom stereocenters. The molecule has 3 heterocycles. The molecule has 0 saturated carbocycles. The number of aromatic nitrogens is 1. The highest BCUT2D eigenvalue weighted by Gasteiger charge is 2.27. The van der Waals surface area contributed by atoms with Gasteiger partial charge in [0, 0.05) is 32.7 Å². The third-order valence-corrected chi connectivity index (χ3v) is 6.39. The maximum absolute atomic E-state index is 5.59. The first kappa shape index (κ1) is 21.8. The molecule has 1 saturated heterocycles. The maximum atomic E-state index is 5.59. The topological polar surface area (TPSA) is 74.9 Å². The fourth-order valence-electron chi connectivity index (χ4n) is 3.83. The van der Waals surface area contributed by atoms with E-state index in [2.05, 4.69) is 39.4 Å². The number of hydrogen-bond donors (Lipinski definition) is 2. The Kier molecular flexibility index (Phi) is 8.52. The minimum Gasteiger partial charge on any atom is -0.443 e. The second-order valence-electron chi connectivity index (χ2n) is 7.22. The van der Waals surface area contributed by atoms with Gasteiger partial charge in [-0.1, -0.05) is 32.8 Å². The zero-order chi connectivity index (χ0) is 20.5. The minimum absolute atomic E-state index is 0.477. The third kappa shape index (κ3) is 6.04. The van der Waals surface area contributed by atoms with Gasteiger partial charge in [0.25, 0.3) is 0 Å². The van der Waals surface area contributed by atoms with Crippen molar-refractivity contribution < 1.29 is 9.15 Å². The van der Waals surface area contributed by atoms with E-state index in [-0.39, 0.29) is 0 Å². The monoisotopic (exact) mass is 419 g/mol. The molecule has 1 atom stereocenters. The predicted molar refractivity (Wildman–Crippen MR) is 118 cm³/mol. The summed E-state index contributed by atoms with van der Waals surface area (Å²) >= 11 is 1.62. The van der Waals surface area contributed by atoms with Crippen LogP contribution in [0, 0.1) is 5.92 Å². The fraction of sp³-hybridized carbons (Fsp3) is 0.619. The van der Waals surface area contributed by atoms with Gasteiger partial charge in [-0.05, 0) is 17.4 Å². The largest absolute Gasteiger partial charge is 0.443 e. The third-order valence-electron chi connectivity index (χ3n) is 5.53. The number of morpholine rings is 1. The number of hydrogen-bond acceptors (Lipinski definition) is 6. The summed E-state index contributed by atoms with van der Waals surface area (Å²) < 4.78 is 11.1. The summed E-state index contributed by atoms with van der Waals surface area (Å²) in [5.41, 5.74) is 0.862. The van der Waals surface area contributed by atoms with E-state index in [4.69, 9.17) is 9.15 Å². The highest BCUT2D eigenvalue weighted by Crippen LogP contribution is 2.23. The summed E-state index contributed by atoms with van der Waals surface area (Å²) in [6, 6.07) is 4.49. The molecule has 1 aliphatic heterocycles. The highest BCUT2D eigenvalue weighted by atomic mass is 32.1. The Morgan fingerprint density at radius 2 is 2.07 bits per heavy atom. The van der Waals surface area contributed by atoms with E-state index in [0.717, 1.165) is 49.4 Å².